The fraction of sp³-hybridized carbons (Fsp3) is 0.625. The molecule has 10 heteroatoms. The van der Waals surface area contributed by atoms with Crippen LogP contribution in [0, 0.1) is 6.33 Å². The molecule has 2 aliphatic rings. The minimum absolute atomic E-state index is 0. The number of ether oxygens (including phenoxy) is 1. The van der Waals surface area contributed by atoms with Crippen molar-refractivity contribution in [3.8, 4) is 5.95 Å². The van der Waals surface area contributed by atoms with Gasteiger partial charge in [-0.3, -0.25) is 4.57 Å². The summed E-state index contributed by atoms with van der Waals surface area (Å²) >= 11 is 0. The van der Waals surface area contributed by atoms with Crippen LogP contribution in [0.15, 0.2) is 12.4 Å². The molecule has 146 valence electrons. The number of aryl methyl sites for hydroxylation is 1. The average Bonchev–Trinajstić information content (AvgIpc) is 3.09. The molecule has 26 heavy (non-hydrogen) atoms. The molecule has 0 unspecified atom stereocenters. The number of rotatable bonds is 3. The van der Waals surface area contributed by atoms with Gasteiger partial charge in [-0.15, -0.1) is 0 Å². The SMILES string of the molecule is C[n+]1[c-]n(-c2nc(N3CCCCC3)nc(N3CCOCC3)n2)cc1.[Au+].[Cl-]. The van der Waals surface area contributed by atoms with Gasteiger partial charge in [0.2, 0.25) is 24.2 Å². The molecule has 0 radical (unpaired) electrons. The summed E-state index contributed by atoms with van der Waals surface area (Å²) in [6, 6.07) is 0. The molecular formula is C16H23AuClN7O. The fourth-order valence-electron chi connectivity index (χ4n) is 3.11. The van der Waals surface area contributed by atoms with E-state index in [4.69, 9.17) is 14.7 Å². The number of nitrogens with zero attached hydrogens (tertiary/aromatic N) is 7. The fourth-order valence-corrected chi connectivity index (χ4v) is 3.11. The minimum atomic E-state index is 0. The summed E-state index contributed by atoms with van der Waals surface area (Å²) in [6.45, 7) is 5.07. The zero-order valence-corrected chi connectivity index (χ0v) is 17.7. The maximum absolute atomic E-state index is 5.45. The smallest absolute Gasteiger partial charge is 1.00 e. The van der Waals surface area contributed by atoms with Crippen molar-refractivity contribution in [1.29, 1.82) is 0 Å². The van der Waals surface area contributed by atoms with Gasteiger partial charge in [0, 0.05) is 38.6 Å². The zero-order valence-electron chi connectivity index (χ0n) is 14.7. The van der Waals surface area contributed by atoms with E-state index in [2.05, 4.69) is 21.1 Å². The maximum atomic E-state index is 5.45. The second-order valence-corrected chi connectivity index (χ2v) is 6.26. The third-order valence-corrected chi connectivity index (χ3v) is 4.45. The second kappa shape index (κ2) is 9.66. The zero-order chi connectivity index (χ0) is 16.4. The molecule has 4 heterocycles. The van der Waals surface area contributed by atoms with E-state index in [0.717, 1.165) is 38.1 Å². The summed E-state index contributed by atoms with van der Waals surface area (Å²) in [5, 5.41) is 0. The average molecular weight is 562 g/mol. The van der Waals surface area contributed by atoms with E-state index >= 15 is 0 Å². The Hall–Kier alpha value is -1.19. The van der Waals surface area contributed by atoms with Gasteiger partial charge in [0.25, 0.3) is 0 Å². The minimum Gasteiger partial charge on any atom is -1.00 e. The van der Waals surface area contributed by atoms with Gasteiger partial charge in [0.15, 0.2) is 0 Å². The first-order valence-electron chi connectivity index (χ1n) is 8.60. The Bertz CT molecular complexity index is 665. The van der Waals surface area contributed by atoms with Gasteiger partial charge in [0.05, 0.1) is 20.3 Å². The van der Waals surface area contributed by atoms with Gasteiger partial charge in [-0.1, -0.05) is 0 Å². The summed E-state index contributed by atoms with van der Waals surface area (Å²) in [4.78, 5) is 18.6. The van der Waals surface area contributed by atoms with E-state index in [1.165, 1.54) is 19.3 Å². The molecule has 0 spiro atoms. The molecule has 0 N–H and O–H groups in total. The van der Waals surface area contributed by atoms with Gasteiger partial charge < -0.3 is 31.5 Å². The van der Waals surface area contributed by atoms with Crippen molar-refractivity contribution >= 4 is 11.9 Å². The third-order valence-electron chi connectivity index (χ3n) is 4.45. The van der Waals surface area contributed by atoms with Crippen LogP contribution >= 0.6 is 0 Å². The van der Waals surface area contributed by atoms with Gasteiger partial charge in [-0.25, -0.2) is 9.97 Å². The number of imidazole rings is 1. The molecule has 2 saturated heterocycles. The Morgan fingerprint density at radius 3 is 2.08 bits per heavy atom. The summed E-state index contributed by atoms with van der Waals surface area (Å²) in [7, 11) is 1.94. The van der Waals surface area contributed by atoms with E-state index < -0.39 is 0 Å². The van der Waals surface area contributed by atoms with Crippen LogP contribution in [0.3, 0.4) is 0 Å². The van der Waals surface area contributed by atoms with E-state index in [1.54, 1.807) is 0 Å². The standard InChI is InChI=1S/C16H23N7O.Au.ClH/c1-20-7-8-23(13-20)16-18-14(21-5-3-2-4-6-21)17-15(19-16)22-9-11-24-12-10-22;;/h7-8H,2-6,9-12H2,1H3;;1H/q;+1;/p-1. The van der Waals surface area contributed by atoms with E-state index in [0.29, 0.717) is 19.2 Å². The summed E-state index contributed by atoms with van der Waals surface area (Å²) in [5.41, 5.74) is 0. The molecule has 2 aromatic rings. The number of anilines is 2. The topological polar surface area (TPSA) is 63.2 Å². The van der Waals surface area contributed by atoms with Gasteiger partial charge in [0.1, 0.15) is 0 Å². The van der Waals surface area contributed by atoms with E-state index in [1.807, 2.05) is 28.6 Å². The Balaban J connectivity index is 0.00000121. The molecular weight excluding hydrogens is 539 g/mol. The predicted octanol–water partition coefficient (Wildman–Crippen LogP) is -2.88. The Morgan fingerprint density at radius 1 is 0.923 bits per heavy atom. The quantitative estimate of drug-likeness (QED) is 0.228. The van der Waals surface area contributed by atoms with Crippen LogP contribution in [-0.4, -0.2) is 58.9 Å². The molecule has 2 aromatic heterocycles. The molecule has 2 fully saturated rings. The number of aromatic nitrogens is 5. The van der Waals surface area contributed by atoms with Crippen LogP contribution in [-0.2, 0) is 34.2 Å². The van der Waals surface area contributed by atoms with Gasteiger partial charge in [-0.05, 0) is 19.3 Å². The molecule has 2 aliphatic heterocycles. The van der Waals surface area contributed by atoms with Crippen molar-refractivity contribution in [2.45, 2.75) is 19.3 Å². The maximum Gasteiger partial charge on any atom is 1.00 e. The van der Waals surface area contributed by atoms with Crippen LogP contribution in [0.2, 0.25) is 0 Å². The van der Waals surface area contributed by atoms with Crippen molar-refractivity contribution in [2.24, 2.45) is 7.05 Å². The molecule has 0 saturated carbocycles. The summed E-state index contributed by atoms with van der Waals surface area (Å²) in [6.07, 6.45) is 10.7. The molecule has 0 bridgehead atoms. The van der Waals surface area contributed by atoms with Crippen LogP contribution in [0.4, 0.5) is 11.9 Å². The van der Waals surface area contributed by atoms with Crippen molar-refractivity contribution < 1.29 is 44.1 Å². The van der Waals surface area contributed by atoms with Crippen molar-refractivity contribution in [3.63, 3.8) is 0 Å². The monoisotopic (exact) mass is 561 g/mol. The summed E-state index contributed by atoms with van der Waals surface area (Å²) in [5.74, 6) is 2.12. The Labute approximate surface area is 175 Å². The first kappa shape index (κ1) is 21.1. The van der Waals surface area contributed by atoms with Crippen LogP contribution in [0.25, 0.3) is 5.95 Å². The molecule has 8 nitrogen and oxygen atoms in total. The van der Waals surface area contributed by atoms with Crippen LogP contribution < -0.4 is 26.8 Å². The number of hydrogen-bond acceptors (Lipinski definition) is 6. The molecule has 0 amide bonds. The molecule has 0 aliphatic carbocycles. The second-order valence-electron chi connectivity index (χ2n) is 6.26. The number of halogens is 1. The third kappa shape index (κ3) is 4.75. The molecule has 0 aromatic carbocycles. The van der Waals surface area contributed by atoms with Gasteiger partial charge >= 0.3 is 22.4 Å². The number of hydrogen-bond donors (Lipinski definition) is 0. The van der Waals surface area contributed by atoms with Gasteiger partial charge in [-0.2, -0.15) is 4.98 Å². The van der Waals surface area contributed by atoms with Crippen molar-refractivity contribution in [3.05, 3.63) is 18.7 Å². The molecule has 0 atom stereocenters. The predicted molar refractivity (Wildman–Crippen MR) is 88.3 cm³/mol. The Morgan fingerprint density at radius 2 is 1.50 bits per heavy atom. The van der Waals surface area contributed by atoms with Crippen molar-refractivity contribution in [1.82, 2.24) is 19.5 Å². The first-order valence-corrected chi connectivity index (χ1v) is 8.60. The van der Waals surface area contributed by atoms with E-state index in [9.17, 15) is 0 Å². The van der Waals surface area contributed by atoms with Crippen LogP contribution in [0.1, 0.15) is 19.3 Å². The summed E-state index contributed by atoms with van der Waals surface area (Å²) < 4.78 is 9.13. The Kier molecular flexibility index (Phi) is 7.85. The number of morpholine rings is 1. The normalized spacial score (nSPS) is 17.4. The largest absolute Gasteiger partial charge is 1.00 e. The first-order chi connectivity index (χ1) is 11.8. The van der Waals surface area contributed by atoms with E-state index in [-0.39, 0.29) is 34.8 Å². The molecule has 4 rings (SSSR count). The van der Waals surface area contributed by atoms with Crippen LogP contribution in [0.5, 0.6) is 0 Å². The number of piperidine rings is 1. The van der Waals surface area contributed by atoms with Crippen molar-refractivity contribution in [2.75, 3.05) is 49.2 Å².